The molecule has 0 spiro atoms. The van der Waals surface area contributed by atoms with E-state index >= 15 is 0 Å². The van der Waals surface area contributed by atoms with Gasteiger partial charge in [-0.15, -0.1) is 0 Å². The molecule has 1 N–H and O–H groups in total. The van der Waals surface area contributed by atoms with Crippen molar-refractivity contribution >= 4 is 5.97 Å². The zero-order valence-corrected chi connectivity index (χ0v) is 16.5. The van der Waals surface area contributed by atoms with E-state index in [4.69, 9.17) is 4.74 Å². The summed E-state index contributed by atoms with van der Waals surface area (Å²) >= 11 is 0. The summed E-state index contributed by atoms with van der Waals surface area (Å²) in [5.74, 6) is 1.23. The summed E-state index contributed by atoms with van der Waals surface area (Å²) in [6.45, 7) is 4.43. The number of fused-ring (bicyclic) bond motifs is 2. The maximum absolute atomic E-state index is 12.1. The fraction of sp³-hybridized carbons (Fsp3) is 0.458. The highest BCUT2D eigenvalue weighted by Crippen LogP contribution is 2.39. The van der Waals surface area contributed by atoms with Crippen LogP contribution in [0, 0.1) is 5.92 Å². The van der Waals surface area contributed by atoms with Crippen LogP contribution in [0.3, 0.4) is 0 Å². The van der Waals surface area contributed by atoms with Gasteiger partial charge in [-0.05, 0) is 35.6 Å². The van der Waals surface area contributed by atoms with Gasteiger partial charge in [0.15, 0.2) is 0 Å². The van der Waals surface area contributed by atoms with E-state index in [1.807, 2.05) is 36.4 Å². The normalized spacial score (nSPS) is 13.4. The van der Waals surface area contributed by atoms with E-state index in [1.54, 1.807) is 0 Å². The largest absolute Gasteiger partial charge is 0.478 e. The Hall–Kier alpha value is -2.29. The van der Waals surface area contributed by atoms with Gasteiger partial charge in [-0.2, -0.15) is 0 Å². The second-order valence-electron chi connectivity index (χ2n) is 7.62. The van der Waals surface area contributed by atoms with Gasteiger partial charge in [0.25, 0.3) is 0 Å². The zero-order chi connectivity index (χ0) is 19.2. The minimum atomic E-state index is -0.839. The number of rotatable bonds is 9. The number of hydrogen-bond acceptors (Lipinski definition) is 2. The molecule has 3 heteroatoms. The van der Waals surface area contributed by atoms with E-state index in [0.29, 0.717) is 23.7 Å². The predicted octanol–water partition coefficient (Wildman–Crippen LogP) is 6.62. The molecule has 0 radical (unpaired) electrons. The van der Waals surface area contributed by atoms with Crippen LogP contribution in [0.25, 0.3) is 0 Å². The molecule has 1 heterocycles. The first-order chi connectivity index (χ1) is 13.1. The average molecular weight is 367 g/mol. The number of ether oxygens (including phenoxy) is 1. The van der Waals surface area contributed by atoms with Crippen LogP contribution in [0.1, 0.15) is 79.4 Å². The fourth-order valence-corrected chi connectivity index (χ4v) is 4.19. The Morgan fingerprint density at radius 2 is 1.85 bits per heavy atom. The first kappa shape index (κ1) is 19.5. The monoisotopic (exact) mass is 366 g/mol. The van der Waals surface area contributed by atoms with Crippen LogP contribution in [-0.2, 0) is 12.8 Å². The Morgan fingerprint density at radius 1 is 1.04 bits per heavy atom. The summed E-state index contributed by atoms with van der Waals surface area (Å²) in [7, 11) is 0. The van der Waals surface area contributed by atoms with Gasteiger partial charge in [0.05, 0.1) is 5.56 Å². The molecular weight excluding hydrogens is 336 g/mol. The summed E-state index contributed by atoms with van der Waals surface area (Å²) < 4.78 is 5.99. The van der Waals surface area contributed by atoms with E-state index in [2.05, 4.69) is 13.8 Å². The van der Waals surface area contributed by atoms with Crippen molar-refractivity contribution in [3.05, 3.63) is 58.7 Å². The number of aromatic carboxylic acids is 1. The summed E-state index contributed by atoms with van der Waals surface area (Å²) in [5, 5.41) is 9.97. The number of hydrogen-bond donors (Lipinski definition) is 1. The number of carboxylic acids is 1. The fourth-order valence-electron chi connectivity index (χ4n) is 4.19. The third-order valence-corrected chi connectivity index (χ3v) is 5.55. The lowest BCUT2D eigenvalue weighted by Gasteiger charge is -2.24. The molecule has 2 aromatic rings. The maximum atomic E-state index is 12.1. The SMILES string of the molecule is CCCCCC(CCC)Cc1ccc2c(c1C(=O)O)Cc1ccccc1O2. The Morgan fingerprint density at radius 3 is 2.59 bits per heavy atom. The lowest BCUT2D eigenvalue weighted by Crippen LogP contribution is -2.15. The van der Waals surface area contributed by atoms with Crippen LogP contribution in [0.4, 0.5) is 0 Å². The van der Waals surface area contributed by atoms with E-state index in [1.165, 1.54) is 25.7 Å². The van der Waals surface area contributed by atoms with Gasteiger partial charge in [-0.1, -0.05) is 76.6 Å². The van der Waals surface area contributed by atoms with E-state index in [0.717, 1.165) is 41.7 Å². The number of benzene rings is 2. The van der Waals surface area contributed by atoms with Crippen molar-refractivity contribution in [2.75, 3.05) is 0 Å². The molecule has 0 amide bonds. The van der Waals surface area contributed by atoms with Gasteiger partial charge >= 0.3 is 5.97 Å². The van der Waals surface area contributed by atoms with Gasteiger partial charge in [0, 0.05) is 12.0 Å². The van der Waals surface area contributed by atoms with Crippen molar-refractivity contribution in [3.63, 3.8) is 0 Å². The maximum Gasteiger partial charge on any atom is 0.336 e. The van der Waals surface area contributed by atoms with Gasteiger partial charge in [0.1, 0.15) is 11.5 Å². The topological polar surface area (TPSA) is 46.5 Å². The van der Waals surface area contributed by atoms with Crippen LogP contribution >= 0.6 is 0 Å². The molecule has 1 aliphatic heterocycles. The first-order valence-electron chi connectivity index (χ1n) is 10.3. The van der Waals surface area contributed by atoms with Gasteiger partial charge in [-0.3, -0.25) is 0 Å². The van der Waals surface area contributed by atoms with Crippen molar-refractivity contribution in [2.24, 2.45) is 5.92 Å². The number of carbonyl (C=O) groups is 1. The van der Waals surface area contributed by atoms with Crippen molar-refractivity contribution in [2.45, 2.75) is 65.2 Å². The Kier molecular flexibility index (Phi) is 6.54. The minimum absolute atomic E-state index is 0.457. The lowest BCUT2D eigenvalue weighted by molar-refractivity contribution is 0.0693. The Balaban J connectivity index is 1.89. The Labute approximate surface area is 162 Å². The van der Waals surface area contributed by atoms with Crippen LogP contribution in [0.2, 0.25) is 0 Å². The van der Waals surface area contributed by atoms with Crippen molar-refractivity contribution in [3.8, 4) is 11.5 Å². The molecule has 0 saturated carbocycles. The van der Waals surface area contributed by atoms with Crippen molar-refractivity contribution < 1.29 is 14.6 Å². The van der Waals surface area contributed by atoms with Crippen molar-refractivity contribution in [1.82, 2.24) is 0 Å². The molecule has 0 bridgehead atoms. The number of carboxylic acid groups (broad SMARTS) is 1. The molecule has 0 aliphatic carbocycles. The molecule has 1 aliphatic rings. The molecule has 3 nitrogen and oxygen atoms in total. The third-order valence-electron chi connectivity index (χ3n) is 5.55. The molecule has 0 fully saturated rings. The summed E-state index contributed by atoms with van der Waals surface area (Å²) in [6.07, 6.45) is 8.63. The molecule has 27 heavy (non-hydrogen) atoms. The second kappa shape index (κ2) is 9.07. The smallest absolute Gasteiger partial charge is 0.336 e. The van der Waals surface area contributed by atoms with Gasteiger partial charge in [-0.25, -0.2) is 4.79 Å². The molecule has 2 aromatic carbocycles. The van der Waals surface area contributed by atoms with Crippen LogP contribution in [-0.4, -0.2) is 11.1 Å². The molecule has 3 rings (SSSR count). The molecule has 0 saturated heterocycles. The highest BCUT2D eigenvalue weighted by atomic mass is 16.5. The second-order valence-corrected chi connectivity index (χ2v) is 7.62. The standard InChI is InChI=1S/C24H30O3/c1-3-5-6-10-17(9-4-2)15-19-13-14-22-20(23(19)24(25)26)16-18-11-7-8-12-21(18)27-22/h7-8,11-14,17H,3-6,9-10,15-16H2,1-2H3,(H,25,26). The van der Waals surface area contributed by atoms with E-state index in [9.17, 15) is 9.90 Å². The summed E-state index contributed by atoms with van der Waals surface area (Å²) in [5.41, 5.74) is 3.29. The molecular formula is C24H30O3. The summed E-state index contributed by atoms with van der Waals surface area (Å²) in [4.78, 5) is 12.1. The Bertz CT molecular complexity index is 794. The van der Waals surface area contributed by atoms with Crippen LogP contribution in [0.15, 0.2) is 36.4 Å². The summed E-state index contributed by atoms with van der Waals surface area (Å²) in [6, 6.07) is 11.8. The van der Waals surface area contributed by atoms with Crippen LogP contribution in [0.5, 0.6) is 11.5 Å². The number of unbranched alkanes of at least 4 members (excludes halogenated alkanes) is 2. The molecule has 1 unspecified atom stereocenters. The zero-order valence-electron chi connectivity index (χ0n) is 16.5. The quantitative estimate of drug-likeness (QED) is 0.433. The number of para-hydroxylation sites is 1. The van der Waals surface area contributed by atoms with E-state index < -0.39 is 5.97 Å². The van der Waals surface area contributed by atoms with Crippen LogP contribution < -0.4 is 4.74 Å². The van der Waals surface area contributed by atoms with Crippen molar-refractivity contribution in [1.29, 1.82) is 0 Å². The highest BCUT2D eigenvalue weighted by Gasteiger charge is 2.26. The minimum Gasteiger partial charge on any atom is -0.478 e. The average Bonchev–Trinajstić information content (AvgIpc) is 2.66. The van der Waals surface area contributed by atoms with E-state index in [-0.39, 0.29) is 0 Å². The molecule has 144 valence electrons. The lowest BCUT2D eigenvalue weighted by atomic mass is 9.85. The molecule has 0 aromatic heterocycles. The van der Waals surface area contributed by atoms with Gasteiger partial charge < -0.3 is 9.84 Å². The third kappa shape index (κ3) is 4.52. The van der Waals surface area contributed by atoms with Gasteiger partial charge in [0.2, 0.25) is 0 Å². The molecule has 1 atom stereocenters. The first-order valence-corrected chi connectivity index (χ1v) is 10.3. The highest BCUT2D eigenvalue weighted by molar-refractivity contribution is 5.92. The predicted molar refractivity (Wildman–Crippen MR) is 109 cm³/mol.